The zero-order valence-electron chi connectivity index (χ0n) is 73.6. The number of hydrogen-bond acceptors (Lipinski definition) is 46. The van der Waals surface area contributed by atoms with Gasteiger partial charge in [0, 0.05) is 137 Å². The molecule has 7 rings (SSSR count). The van der Waals surface area contributed by atoms with Gasteiger partial charge in [0.05, 0.1) is 12.1 Å². The smallest absolute Gasteiger partial charge is 0.339 e. The lowest BCUT2D eigenvalue weighted by molar-refractivity contribution is -0.398. The highest BCUT2D eigenvalue weighted by Gasteiger charge is 2.68. The van der Waals surface area contributed by atoms with Crippen LogP contribution in [0.3, 0.4) is 0 Å². The molecule has 12 unspecified atom stereocenters. The lowest BCUT2D eigenvalue weighted by Crippen LogP contribution is -2.74. The lowest BCUT2D eigenvalue weighted by Gasteiger charge is -2.57. The molecule has 712 valence electrons. The standard InChI is InChI=1S/C79H110N2O46/c1-29(2)58-66(113-44(17)95)68(115-46(19)97)63(52(118-58)25-102-34(7)85)123-77-73-70(127-79(78(100)126-73)22-49(56(80-31(4)82)50(23-79)107-38(11)89)60(110-41(14)92)51(108-39(12)90)24-101-33(6)84)64(55(121-77)28-105-37(10)88)122-74-57(81-32(5)83)65(61(111-42(15)93)53(119-74)26-103-35(8)86)124-76-72(69(116-47(20)98)62(112-43(16)94)54(120-76)27-104-36(9)87)125-75-71(117-48(21)99)67(114-45(18)96)59(30(3)106-75)109-40(13)91/h29-30,49-77H,22-28H2,1-21H3,(H,80,82)(H,81,83)/t30?,49-,50?,51-,52?,53?,54?,55?,56?,57?,58+,59+,60+,61+,62+,63+,64+,65-,66?,67?,68+,69+,70+,71+,72?,73?,74+,75+,76+,77+,79+/m1/s1. The third-order valence-corrected chi connectivity index (χ3v) is 20.1. The van der Waals surface area contributed by atoms with Crippen LogP contribution in [0.5, 0.6) is 0 Å². The zero-order chi connectivity index (χ0) is 94.8. The van der Waals surface area contributed by atoms with Gasteiger partial charge in [0.15, 0.2) is 97.9 Å². The molecule has 1 spiro atoms. The summed E-state index contributed by atoms with van der Waals surface area (Å²) in [4.78, 5) is 256. The molecule has 1 saturated carbocycles. The van der Waals surface area contributed by atoms with E-state index in [9.17, 15) is 86.3 Å². The van der Waals surface area contributed by atoms with Crippen molar-refractivity contribution in [2.75, 3.05) is 33.0 Å². The van der Waals surface area contributed by atoms with Crippen LogP contribution < -0.4 is 10.6 Å². The van der Waals surface area contributed by atoms with Crippen molar-refractivity contribution in [3.8, 4) is 0 Å². The predicted molar refractivity (Wildman–Crippen MR) is 403 cm³/mol. The summed E-state index contributed by atoms with van der Waals surface area (Å²) in [5.41, 5.74) is -2.78. The minimum Gasteiger partial charge on any atom is -0.463 e. The molecule has 2 N–H and O–H groups in total. The third-order valence-electron chi connectivity index (χ3n) is 20.1. The Morgan fingerprint density at radius 2 is 0.717 bits per heavy atom. The number of ether oxygens (including phenoxy) is 27. The summed E-state index contributed by atoms with van der Waals surface area (Å²) in [5.74, 6) is -22.8. The minimum absolute atomic E-state index is 0.632. The van der Waals surface area contributed by atoms with E-state index in [2.05, 4.69) is 10.6 Å². The molecule has 6 heterocycles. The van der Waals surface area contributed by atoms with Gasteiger partial charge in [-0.1, -0.05) is 13.8 Å². The van der Waals surface area contributed by atoms with Crippen molar-refractivity contribution < 1.29 is 219 Å². The summed E-state index contributed by atoms with van der Waals surface area (Å²) in [5, 5.41) is 5.26. The van der Waals surface area contributed by atoms with Gasteiger partial charge >= 0.3 is 101 Å². The number of fused-ring (bicyclic) bond motifs is 1. The van der Waals surface area contributed by atoms with E-state index < -0.39 is 354 Å². The van der Waals surface area contributed by atoms with Crippen LogP contribution >= 0.6 is 0 Å². The molecule has 0 aromatic heterocycles. The lowest BCUT2D eigenvalue weighted by atomic mass is 9.69. The molecule has 0 bridgehead atoms. The van der Waals surface area contributed by atoms with Crippen molar-refractivity contribution in [3.05, 3.63) is 0 Å². The van der Waals surface area contributed by atoms with Crippen molar-refractivity contribution in [3.63, 3.8) is 0 Å². The normalized spacial score (nSPS) is 33.6. The maximum atomic E-state index is 16.2. The van der Waals surface area contributed by atoms with E-state index in [0.717, 1.165) is 125 Å². The van der Waals surface area contributed by atoms with Gasteiger partial charge in [0.25, 0.3) is 0 Å². The summed E-state index contributed by atoms with van der Waals surface area (Å²) < 4.78 is 166. The first-order valence-corrected chi connectivity index (χ1v) is 40.3. The summed E-state index contributed by atoms with van der Waals surface area (Å²) in [6, 6.07) is -3.84. The highest BCUT2D eigenvalue weighted by atomic mass is 16.8. The fourth-order valence-corrected chi connectivity index (χ4v) is 15.9. The van der Waals surface area contributed by atoms with Crippen molar-refractivity contribution in [1.82, 2.24) is 10.6 Å². The Labute approximate surface area is 726 Å². The molecule has 127 heavy (non-hydrogen) atoms. The largest absolute Gasteiger partial charge is 0.463 e. The molecule has 6 saturated heterocycles. The van der Waals surface area contributed by atoms with Crippen molar-refractivity contribution in [1.29, 1.82) is 0 Å². The molecule has 0 radical (unpaired) electrons. The average Bonchev–Trinajstić information content (AvgIpc) is 0.714. The number of nitrogens with one attached hydrogen (secondary N) is 2. The highest BCUT2D eigenvalue weighted by Crippen LogP contribution is 2.50. The second-order valence-corrected chi connectivity index (χ2v) is 31.1. The van der Waals surface area contributed by atoms with Crippen LogP contribution in [0.1, 0.15) is 158 Å². The maximum absolute atomic E-state index is 16.2. The first kappa shape index (κ1) is 104. The van der Waals surface area contributed by atoms with E-state index in [0.29, 0.717) is 0 Å². The Kier molecular flexibility index (Phi) is 37.5. The fourth-order valence-electron chi connectivity index (χ4n) is 15.9. The quantitative estimate of drug-likeness (QED) is 0.0541. The van der Waals surface area contributed by atoms with Crippen LogP contribution in [0, 0.1) is 11.8 Å². The molecule has 7 aliphatic rings. The zero-order valence-corrected chi connectivity index (χ0v) is 73.6. The van der Waals surface area contributed by atoms with Crippen molar-refractivity contribution in [2.24, 2.45) is 11.8 Å². The van der Waals surface area contributed by atoms with E-state index in [-0.39, 0.29) is 0 Å². The Bertz CT molecular complexity index is 4020. The molecule has 48 nitrogen and oxygen atoms in total. The molecular weight excluding hydrogens is 1710 g/mol. The molecule has 48 heteroatoms. The van der Waals surface area contributed by atoms with Crippen LogP contribution in [0.2, 0.25) is 0 Å². The second-order valence-electron chi connectivity index (χ2n) is 31.1. The minimum atomic E-state index is -2.78. The van der Waals surface area contributed by atoms with E-state index in [1.165, 1.54) is 6.92 Å². The maximum Gasteiger partial charge on any atom is 0.339 e. The average molecular weight is 1820 g/mol. The number of esters is 17. The van der Waals surface area contributed by atoms with E-state index >= 15 is 4.79 Å². The Hall–Kier alpha value is -10.5. The topological polar surface area (TPSA) is 598 Å². The summed E-state index contributed by atoms with van der Waals surface area (Å²) >= 11 is 0. The molecule has 31 atom stereocenters. The number of rotatable bonds is 34. The third kappa shape index (κ3) is 28.8. The van der Waals surface area contributed by atoms with Crippen LogP contribution in [-0.2, 0) is 219 Å². The number of amides is 2. The summed E-state index contributed by atoms with van der Waals surface area (Å²) in [6.45, 7) is 16.9. The van der Waals surface area contributed by atoms with Crippen LogP contribution in [-0.4, -0.2) is 330 Å². The second kappa shape index (κ2) is 46.0. The van der Waals surface area contributed by atoms with Crippen LogP contribution in [0.4, 0.5) is 0 Å². The van der Waals surface area contributed by atoms with Gasteiger partial charge in [-0.25, -0.2) is 4.79 Å². The van der Waals surface area contributed by atoms with Crippen LogP contribution in [0.25, 0.3) is 0 Å². The predicted octanol–water partition coefficient (Wildman–Crippen LogP) is -1.60. The van der Waals surface area contributed by atoms with E-state index in [4.69, 9.17) is 128 Å². The van der Waals surface area contributed by atoms with Crippen LogP contribution in [0.15, 0.2) is 0 Å². The fraction of sp³-hybridized carbons (Fsp3) is 0.759. The molecule has 1 aliphatic carbocycles. The first-order valence-electron chi connectivity index (χ1n) is 40.3. The first-order chi connectivity index (χ1) is 59.4. The van der Waals surface area contributed by atoms with Gasteiger partial charge < -0.3 is 139 Å². The van der Waals surface area contributed by atoms with Crippen molar-refractivity contribution >= 4 is 113 Å². The summed E-state index contributed by atoms with van der Waals surface area (Å²) in [6.07, 6.45) is -55.7. The molecule has 0 aromatic carbocycles. The number of carbonyl (C=O) groups is 19. The van der Waals surface area contributed by atoms with E-state index in [1.54, 1.807) is 13.8 Å². The Balaban J connectivity index is 1.58. The molecule has 6 aliphatic heterocycles. The molecule has 0 aromatic rings. The monoisotopic (exact) mass is 1820 g/mol. The molecule has 7 fully saturated rings. The van der Waals surface area contributed by atoms with Gasteiger partial charge in [-0.2, -0.15) is 0 Å². The number of hydrogen-bond donors (Lipinski definition) is 2. The van der Waals surface area contributed by atoms with E-state index in [1.807, 2.05) is 0 Å². The Morgan fingerprint density at radius 1 is 0.346 bits per heavy atom. The van der Waals surface area contributed by atoms with Crippen molar-refractivity contribution in [2.45, 2.75) is 341 Å². The molecule has 2 amide bonds. The summed E-state index contributed by atoms with van der Waals surface area (Å²) in [7, 11) is 0. The highest BCUT2D eigenvalue weighted by molar-refractivity contribution is 5.82. The van der Waals surface area contributed by atoms with Gasteiger partial charge in [0.2, 0.25) is 11.8 Å². The Morgan fingerprint density at radius 3 is 1.17 bits per heavy atom. The number of carbonyl (C=O) groups excluding carboxylic acids is 19. The van der Waals surface area contributed by atoms with Gasteiger partial charge in [0.1, 0.15) is 106 Å². The van der Waals surface area contributed by atoms with Gasteiger partial charge in [-0.3, -0.25) is 86.3 Å². The molecular formula is C79H110N2O46. The van der Waals surface area contributed by atoms with Gasteiger partial charge in [-0.05, 0) is 19.3 Å². The SMILES string of the molecule is CC(=O)NC1C(OC(C)=O)C[C@]2(C[C@H]1[C@H](OC(C)=O)[C@@H](COC(C)=O)OC(C)=O)O[C@@H]1C(OC2=O)[C@H](O[C@H]2C(COC(C)=O)O[C@@H](C(C)C)C(OC(C)=O)[C@H]2OC(C)=O)OC(COC(C)=O)[C@@H]1O[C@@H]1OC(COC(C)=O)[C@H](OC(C)=O)[C@H](O[C@@H]2OC(COC(C)=O)[C@H](OC(C)=O)[C@H](OC(C)=O)C2O[C@@H]2OC(C)[C@H](OC(C)=O)C(OC(C)=O)[C@@H]2OC(C)=O)C1NC(C)=O. The van der Waals surface area contributed by atoms with Gasteiger partial charge in [-0.15, -0.1) is 0 Å².